The second kappa shape index (κ2) is 13.6. The predicted octanol–water partition coefficient (Wildman–Crippen LogP) is 3.59. The third kappa shape index (κ3) is 9.34. The van der Waals surface area contributed by atoms with E-state index in [-0.39, 0.29) is 23.3 Å². The van der Waals surface area contributed by atoms with Gasteiger partial charge >= 0.3 is 0 Å². The minimum Gasteiger partial charge on any atom is -0.488 e. The molecule has 2 aromatic carbocycles. The molecule has 3 N–H and O–H groups in total. The largest absolute Gasteiger partial charge is 0.488 e. The van der Waals surface area contributed by atoms with Gasteiger partial charge in [-0.1, -0.05) is 0 Å². The van der Waals surface area contributed by atoms with Crippen LogP contribution in [0.2, 0.25) is 0 Å². The van der Waals surface area contributed by atoms with Crippen molar-refractivity contribution < 1.29 is 23.8 Å². The summed E-state index contributed by atoms with van der Waals surface area (Å²) in [6.45, 7) is 2.21. The number of amidine groups is 1. The molecule has 1 atom stereocenters. The lowest BCUT2D eigenvalue weighted by Gasteiger charge is -2.16. The van der Waals surface area contributed by atoms with Crippen LogP contribution >= 0.6 is 0 Å². The van der Waals surface area contributed by atoms with Crippen molar-refractivity contribution in [2.24, 2.45) is 0 Å². The summed E-state index contributed by atoms with van der Waals surface area (Å²) in [4.78, 5) is 26.7. The number of nitrogens with one attached hydrogen (secondary N) is 3. The van der Waals surface area contributed by atoms with Gasteiger partial charge in [-0.25, -0.2) is 0 Å². The molecule has 0 saturated carbocycles. The highest BCUT2D eigenvalue weighted by Crippen LogP contribution is 2.28. The maximum absolute atomic E-state index is 12.7. The van der Waals surface area contributed by atoms with Crippen LogP contribution in [-0.2, 0) is 4.74 Å². The molecule has 35 heavy (non-hydrogen) atoms. The Labute approximate surface area is 205 Å². The standard InChI is InChI=1S/C26H32N4O5/c1-18(17-33-5)34-22-14-20(26(32)29-25(27)10-12-28-2)15-23(16-22)35-21-8-6-19(7-9-21)24(31)11-13-30(3)4/h6-16,18,28H,17H2,1-5H3,(H2,27,29,32)/b12-10-,13-11+/t18-/m0/s1. The lowest BCUT2D eigenvalue weighted by molar-refractivity contribution is 0.0913. The minimum absolute atomic E-state index is 0.0746. The number of amides is 1. The van der Waals surface area contributed by atoms with Gasteiger partial charge in [0.15, 0.2) is 5.78 Å². The highest BCUT2D eigenvalue weighted by atomic mass is 16.5. The van der Waals surface area contributed by atoms with Gasteiger partial charge in [0.2, 0.25) is 0 Å². The molecule has 0 unspecified atom stereocenters. The van der Waals surface area contributed by atoms with Crippen LogP contribution in [0.3, 0.4) is 0 Å². The number of hydrogen-bond donors (Lipinski definition) is 3. The summed E-state index contributed by atoms with van der Waals surface area (Å²) < 4.78 is 16.9. The summed E-state index contributed by atoms with van der Waals surface area (Å²) in [6.07, 6.45) is 5.87. The second-order valence-corrected chi connectivity index (χ2v) is 7.84. The molecule has 0 aliphatic heterocycles. The summed E-state index contributed by atoms with van der Waals surface area (Å²) in [7, 11) is 6.95. The van der Waals surface area contributed by atoms with Crippen LogP contribution in [-0.4, -0.2) is 63.4 Å². The number of rotatable bonds is 12. The third-order valence-electron chi connectivity index (χ3n) is 4.44. The van der Waals surface area contributed by atoms with Crippen LogP contribution in [0.1, 0.15) is 27.6 Å². The van der Waals surface area contributed by atoms with Crippen molar-refractivity contribution in [2.75, 3.05) is 34.9 Å². The zero-order valence-electron chi connectivity index (χ0n) is 20.6. The number of ether oxygens (including phenoxy) is 3. The fourth-order valence-corrected chi connectivity index (χ4v) is 2.87. The van der Waals surface area contributed by atoms with Crippen LogP contribution in [0.4, 0.5) is 0 Å². The first-order chi connectivity index (χ1) is 16.7. The summed E-state index contributed by atoms with van der Waals surface area (Å²) in [5.41, 5.74) is 0.777. The molecule has 0 aliphatic carbocycles. The van der Waals surface area contributed by atoms with Crippen LogP contribution in [0.25, 0.3) is 0 Å². The molecular weight excluding hydrogens is 448 g/mol. The highest BCUT2D eigenvalue weighted by Gasteiger charge is 2.14. The fourth-order valence-electron chi connectivity index (χ4n) is 2.87. The number of nitrogens with zero attached hydrogens (tertiary/aromatic N) is 1. The molecule has 2 rings (SSSR count). The molecule has 0 aliphatic rings. The first-order valence-electron chi connectivity index (χ1n) is 10.9. The van der Waals surface area contributed by atoms with E-state index in [1.165, 1.54) is 18.4 Å². The maximum atomic E-state index is 12.7. The highest BCUT2D eigenvalue weighted by molar-refractivity contribution is 6.09. The Hall–Kier alpha value is -4.11. The van der Waals surface area contributed by atoms with E-state index in [4.69, 9.17) is 19.6 Å². The van der Waals surface area contributed by atoms with Crippen molar-refractivity contribution in [3.63, 3.8) is 0 Å². The Kier molecular flexibility index (Phi) is 10.5. The zero-order valence-corrected chi connectivity index (χ0v) is 20.6. The van der Waals surface area contributed by atoms with Gasteiger partial charge in [-0.2, -0.15) is 0 Å². The SMILES string of the molecule is CN/C=C\C(=N)NC(=O)c1cc(Oc2ccc(C(=O)/C=C/N(C)C)cc2)cc(O[C@@H](C)COC)c1. The lowest BCUT2D eigenvalue weighted by Crippen LogP contribution is -2.28. The van der Waals surface area contributed by atoms with E-state index in [2.05, 4.69) is 10.6 Å². The molecule has 9 nitrogen and oxygen atoms in total. The fraction of sp³-hybridized carbons (Fsp3) is 0.269. The van der Waals surface area contributed by atoms with E-state index < -0.39 is 5.91 Å². The number of carbonyl (C=O) groups excluding carboxylic acids is 2. The van der Waals surface area contributed by atoms with Crippen molar-refractivity contribution in [2.45, 2.75) is 13.0 Å². The second-order valence-electron chi connectivity index (χ2n) is 7.84. The number of hydrogen-bond acceptors (Lipinski definition) is 8. The van der Waals surface area contributed by atoms with Gasteiger partial charge in [0, 0.05) is 57.7 Å². The van der Waals surface area contributed by atoms with Gasteiger partial charge in [0.1, 0.15) is 29.2 Å². The Balaban J connectivity index is 2.26. The normalized spacial score (nSPS) is 11.8. The Morgan fingerprint density at radius 2 is 1.71 bits per heavy atom. The summed E-state index contributed by atoms with van der Waals surface area (Å²) in [6, 6.07) is 11.5. The number of carbonyl (C=O) groups is 2. The molecule has 2 aromatic rings. The van der Waals surface area contributed by atoms with E-state index in [0.29, 0.717) is 29.4 Å². The molecule has 0 aromatic heterocycles. The van der Waals surface area contributed by atoms with Crippen LogP contribution < -0.4 is 20.1 Å². The first-order valence-corrected chi connectivity index (χ1v) is 10.9. The summed E-state index contributed by atoms with van der Waals surface area (Å²) >= 11 is 0. The number of methoxy groups -OCH3 is 1. The number of allylic oxidation sites excluding steroid dienone is 1. The smallest absolute Gasteiger partial charge is 0.257 e. The predicted molar refractivity (Wildman–Crippen MR) is 135 cm³/mol. The van der Waals surface area contributed by atoms with Gasteiger partial charge in [0.25, 0.3) is 5.91 Å². The monoisotopic (exact) mass is 480 g/mol. The van der Waals surface area contributed by atoms with Crippen molar-refractivity contribution in [3.8, 4) is 17.2 Å². The van der Waals surface area contributed by atoms with Crippen molar-refractivity contribution in [1.29, 1.82) is 5.41 Å². The van der Waals surface area contributed by atoms with Gasteiger partial charge < -0.3 is 29.7 Å². The Morgan fingerprint density at radius 3 is 2.34 bits per heavy atom. The maximum Gasteiger partial charge on any atom is 0.257 e. The molecule has 1 amide bonds. The molecule has 0 spiro atoms. The van der Waals surface area contributed by atoms with Gasteiger partial charge in [-0.15, -0.1) is 0 Å². The van der Waals surface area contributed by atoms with E-state index in [1.807, 2.05) is 21.0 Å². The van der Waals surface area contributed by atoms with Crippen molar-refractivity contribution in [3.05, 3.63) is 78.1 Å². The van der Waals surface area contributed by atoms with Gasteiger partial charge in [-0.3, -0.25) is 15.0 Å². The number of benzene rings is 2. The summed E-state index contributed by atoms with van der Waals surface area (Å²) in [5, 5.41) is 13.1. The topological polar surface area (TPSA) is 113 Å². The molecule has 9 heteroatoms. The van der Waals surface area contributed by atoms with Crippen LogP contribution in [0.5, 0.6) is 17.2 Å². The molecule has 0 saturated heterocycles. The summed E-state index contributed by atoms with van der Waals surface area (Å²) in [5.74, 6) is 0.572. The zero-order chi connectivity index (χ0) is 25.8. The van der Waals surface area contributed by atoms with Crippen molar-refractivity contribution in [1.82, 2.24) is 15.5 Å². The number of ketones is 1. The Morgan fingerprint density at radius 1 is 1.03 bits per heavy atom. The molecule has 0 radical (unpaired) electrons. The van der Waals surface area contributed by atoms with E-state index >= 15 is 0 Å². The van der Waals surface area contributed by atoms with E-state index in [0.717, 1.165) is 0 Å². The third-order valence-corrected chi connectivity index (χ3v) is 4.44. The van der Waals surface area contributed by atoms with Gasteiger partial charge in [-0.05, 0) is 55.6 Å². The average Bonchev–Trinajstić information content (AvgIpc) is 2.81. The molecule has 186 valence electrons. The lowest BCUT2D eigenvalue weighted by atomic mass is 10.1. The van der Waals surface area contributed by atoms with Crippen LogP contribution in [0.15, 0.2) is 67.0 Å². The average molecular weight is 481 g/mol. The molecule has 0 heterocycles. The quantitative estimate of drug-likeness (QED) is 0.184. The molecule has 0 bridgehead atoms. The molecular formula is C26H32N4O5. The molecule has 0 fully saturated rings. The van der Waals surface area contributed by atoms with Crippen molar-refractivity contribution >= 4 is 17.5 Å². The van der Waals surface area contributed by atoms with E-state index in [1.54, 1.807) is 67.7 Å². The first kappa shape index (κ1) is 27.1. The van der Waals surface area contributed by atoms with Gasteiger partial charge in [0.05, 0.1) is 6.61 Å². The Bertz CT molecular complexity index is 1080. The van der Waals surface area contributed by atoms with E-state index in [9.17, 15) is 9.59 Å². The minimum atomic E-state index is -0.487. The van der Waals surface area contributed by atoms with Crippen LogP contribution in [0, 0.1) is 5.41 Å².